The molecule has 0 aliphatic heterocycles. The van der Waals surface area contributed by atoms with Crippen molar-refractivity contribution in [3.63, 3.8) is 0 Å². The topological polar surface area (TPSA) is 0 Å². The summed E-state index contributed by atoms with van der Waals surface area (Å²) in [4.78, 5) is -1.30. The summed E-state index contributed by atoms with van der Waals surface area (Å²) < 4.78 is 61.6. The van der Waals surface area contributed by atoms with Crippen LogP contribution in [0.5, 0.6) is 0 Å². The zero-order chi connectivity index (χ0) is 10.2. The summed E-state index contributed by atoms with van der Waals surface area (Å²) in [7, 11) is 0. The van der Waals surface area contributed by atoms with Crippen molar-refractivity contribution < 1.29 is 21.4 Å². The minimum absolute atomic E-state index is 0.828. The van der Waals surface area contributed by atoms with Crippen LogP contribution in [0.3, 0.4) is 0 Å². The molecule has 1 aromatic carbocycles. The molecule has 0 unspecified atom stereocenters. The molecule has 13 heavy (non-hydrogen) atoms. The predicted octanol–water partition coefficient (Wildman–Crippen LogP) is 3.82. The maximum absolute atomic E-state index is 12.7. The second kappa shape index (κ2) is 3.99. The zero-order valence-corrected chi connectivity index (χ0v) is 8.65. The highest BCUT2D eigenvalue weighted by Crippen LogP contribution is 2.32. The molecule has 0 amide bonds. The van der Waals surface area contributed by atoms with Crippen molar-refractivity contribution in [3.8, 4) is 0 Å². The van der Waals surface area contributed by atoms with Crippen molar-refractivity contribution in [2.75, 3.05) is 0 Å². The second-order valence-electron chi connectivity index (χ2n) is 1.98. The van der Waals surface area contributed by atoms with Crippen molar-refractivity contribution in [2.24, 2.45) is 0 Å². The first-order chi connectivity index (χ1) is 6.00. The van der Waals surface area contributed by atoms with Gasteiger partial charge in [-0.05, 0) is 22.6 Å². The van der Waals surface area contributed by atoms with Crippen LogP contribution in [-0.2, 0) is 0 Å². The molecular formula is C6F5IS. The third kappa shape index (κ3) is 1.76. The van der Waals surface area contributed by atoms with E-state index in [9.17, 15) is 21.4 Å². The highest BCUT2D eigenvalue weighted by Gasteiger charge is 2.24. The molecule has 0 fully saturated rings. The molecule has 0 saturated carbocycles. The molecular weight excluding hydrogens is 326 g/mol. The Kier molecular flexibility index (Phi) is 3.38. The summed E-state index contributed by atoms with van der Waals surface area (Å²) in [5.41, 5.74) is 0. The Morgan fingerprint density at radius 2 is 1.23 bits per heavy atom. The molecule has 0 N–H and O–H groups in total. The predicted molar refractivity (Wildman–Crippen MR) is 46.0 cm³/mol. The van der Waals surface area contributed by atoms with Gasteiger partial charge in [-0.15, -0.1) is 0 Å². The van der Waals surface area contributed by atoms with Gasteiger partial charge in [-0.3, -0.25) is 0 Å². The van der Waals surface area contributed by atoms with Crippen LogP contribution in [0.15, 0.2) is 4.90 Å². The Bertz CT molecular complexity index is 324. The summed E-state index contributed by atoms with van der Waals surface area (Å²) in [5.74, 6) is -6.59. The van der Waals surface area contributed by atoms with E-state index in [0.717, 1.165) is 22.6 Å². The van der Waals surface area contributed by atoms with Gasteiger partial charge in [0.2, 0.25) is 0 Å². The molecule has 1 rings (SSSR count). The van der Waals surface area contributed by atoms with Crippen molar-refractivity contribution in [2.45, 2.75) is 4.90 Å². The van der Waals surface area contributed by atoms with Gasteiger partial charge in [0, 0.05) is 0 Å². The van der Waals surface area contributed by atoms with Gasteiger partial charge in [0.25, 0.3) is 0 Å². The van der Waals surface area contributed by atoms with E-state index in [4.69, 9.17) is 0 Å². The van der Waals surface area contributed by atoms with Crippen molar-refractivity contribution in [1.29, 1.82) is 0 Å². The fourth-order valence-corrected chi connectivity index (χ4v) is 1.44. The summed E-state index contributed by atoms with van der Waals surface area (Å²) in [6.07, 6.45) is 0. The quantitative estimate of drug-likeness (QED) is 0.327. The highest BCUT2D eigenvalue weighted by atomic mass is 127. The van der Waals surface area contributed by atoms with Crippen LogP contribution in [0, 0.1) is 26.8 Å². The number of halogens is 6. The minimum atomic E-state index is -1.71. The first kappa shape index (κ1) is 11.0. The Hall–Kier alpha value is -0.0500. The van der Waals surface area contributed by atoms with Gasteiger partial charge < -0.3 is 0 Å². The standard InChI is InChI=1S/C6F5IS/c7-1-3(9)6(13-11)4(10)2(8)5(1)12. The van der Waals surface area contributed by atoms with E-state index in [0.29, 0.717) is 0 Å². The molecule has 7 heteroatoms. The van der Waals surface area contributed by atoms with E-state index in [-0.39, 0.29) is 0 Å². The first-order valence-electron chi connectivity index (χ1n) is 2.80. The van der Waals surface area contributed by atoms with Crippen molar-refractivity contribution in [3.05, 3.63) is 26.8 Å². The Balaban J connectivity index is 3.56. The van der Waals surface area contributed by atoms with Gasteiger partial charge in [0.05, 0.1) is 15.7 Å². The smallest absolute Gasteiger partial charge is 0.179 e. The number of benzene rings is 1. The summed E-state index contributed by atoms with van der Waals surface area (Å²) >= 11 is 0.217. The molecule has 0 heterocycles. The van der Waals surface area contributed by atoms with Crippen LogP contribution < -0.4 is 0 Å². The molecule has 0 aromatic heterocycles. The fourth-order valence-electron chi connectivity index (χ4n) is 0.652. The molecule has 0 radical (unpaired) electrons. The van der Waals surface area contributed by atoms with Crippen LogP contribution in [0.25, 0.3) is 0 Å². The molecule has 0 nitrogen and oxygen atoms in total. The van der Waals surface area contributed by atoms with E-state index in [1.165, 1.54) is 0 Å². The van der Waals surface area contributed by atoms with Gasteiger partial charge in [0.1, 0.15) is 4.90 Å². The lowest BCUT2D eigenvalue weighted by molar-refractivity contribution is 0.417. The monoisotopic (exact) mass is 326 g/mol. The van der Waals surface area contributed by atoms with E-state index in [2.05, 4.69) is 0 Å². The van der Waals surface area contributed by atoms with E-state index in [1.807, 2.05) is 0 Å². The minimum Gasteiger partial charge on any atom is -0.202 e. The largest absolute Gasteiger partial charge is 0.202 e. The molecule has 0 spiro atoms. The van der Waals surface area contributed by atoms with Gasteiger partial charge in [-0.2, -0.15) is 3.89 Å². The third-order valence-electron chi connectivity index (χ3n) is 1.25. The zero-order valence-electron chi connectivity index (χ0n) is 5.68. The summed E-state index contributed by atoms with van der Waals surface area (Å²) in [6.45, 7) is 0. The SMILES string of the molecule is FSc1c(F)c(F)c(I)c(F)c1F. The van der Waals surface area contributed by atoms with Crippen molar-refractivity contribution in [1.82, 2.24) is 0 Å². The Labute approximate surface area is 87.9 Å². The highest BCUT2D eigenvalue weighted by molar-refractivity contribution is 14.1. The van der Waals surface area contributed by atoms with E-state index < -0.39 is 43.9 Å². The van der Waals surface area contributed by atoms with Gasteiger partial charge in [-0.25, -0.2) is 17.6 Å². The lowest BCUT2D eigenvalue weighted by atomic mass is 10.3. The molecule has 0 atom stereocenters. The molecule has 0 saturated heterocycles. The maximum atomic E-state index is 12.7. The van der Waals surface area contributed by atoms with Crippen LogP contribution in [-0.4, -0.2) is 0 Å². The lowest BCUT2D eigenvalue weighted by Crippen LogP contribution is -2.01. The van der Waals surface area contributed by atoms with E-state index in [1.54, 1.807) is 0 Å². The van der Waals surface area contributed by atoms with Gasteiger partial charge in [0.15, 0.2) is 23.3 Å². The fraction of sp³-hybridized carbons (Fsp3) is 0. The molecule has 0 aliphatic carbocycles. The molecule has 0 bridgehead atoms. The van der Waals surface area contributed by atoms with Crippen LogP contribution in [0.1, 0.15) is 0 Å². The first-order valence-corrected chi connectivity index (χ1v) is 4.60. The average Bonchev–Trinajstić information content (AvgIpc) is 2.13. The van der Waals surface area contributed by atoms with Crippen LogP contribution in [0.2, 0.25) is 0 Å². The Morgan fingerprint density at radius 1 is 0.846 bits per heavy atom. The maximum Gasteiger partial charge on any atom is 0.179 e. The van der Waals surface area contributed by atoms with Crippen molar-refractivity contribution >= 4 is 34.7 Å². The average molecular weight is 326 g/mol. The Morgan fingerprint density at radius 3 is 1.54 bits per heavy atom. The molecule has 72 valence electrons. The van der Waals surface area contributed by atoms with Gasteiger partial charge in [-0.1, -0.05) is 0 Å². The summed E-state index contributed by atoms with van der Waals surface area (Å²) in [6, 6.07) is 0. The second-order valence-corrected chi connectivity index (χ2v) is 3.62. The number of hydrogen-bond acceptors (Lipinski definition) is 1. The third-order valence-corrected chi connectivity index (χ3v) is 2.71. The molecule has 0 aliphatic rings. The normalized spacial score (nSPS) is 10.6. The number of hydrogen-bond donors (Lipinski definition) is 0. The van der Waals surface area contributed by atoms with E-state index >= 15 is 0 Å². The van der Waals surface area contributed by atoms with Crippen LogP contribution in [0.4, 0.5) is 21.4 Å². The van der Waals surface area contributed by atoms with Crippen LogP contribution >= 0.6 is 34.7 Å². The lowest BCUT2D eigenvalue weighted by Gasteiger charge is -2.03. The number of rotatable bonds is 1. The molecule has 1 aromatic rings. The summed E-state index contributed by atoms with van der Waals surface area (Å²) in [5, 5.41) is 0. The van der Waals surface area contributed by atoms with Gasteiger partial charge >= 0.3 is 0 Å².